The van der Waals surface area contributed by atoms with Gasteiger partial charge in [-0.2, -0.15) is 0 Å². The Kier molecular flexibility index (Phi) is 8.63. The number of likely N-dealkylation sites (tertiary alicyclic amines) is 2. The van der Waals surface area contributed by atoms with Crippen molar-refractivity contribution in [2.75, 3.05) is 33.3 Å². The molecule has 2 aromatic rings. The Balaban J connectivity index is 1.54. The molecular weight excluding hydrogens is 523 g/mol. The molecule has 2 aliphatic heterocycles. The van der Waals surface area contributed by atoms with Gasteiger partial charge in [-0.05, 0) is 62.1 Å². The van der Waals surface area contributed by atoms with E-state index in [-0.39, 0.29) is 43.3 Å². The molecule has 10 heteroatoms. The van der Waals surface area contributed by atoms with Crippen molar-refractivity contribution in [3.63, 3.8) is 0 Å². The number of piperidine rings is 1. The number of rotatable bonds is 8. The normalized spacial score (nSPS) is 22.3. The summed E-state index contributed by atoms with van der Waals surface area (Å²) in [5.41, 5.74) is 5.70. The second-order valence-electron chi connectivity index (χ2n) is 11.2. The summed E-state index contributed by atoms with van der Waals surface area (Å²) in [4.78, 5) is 43.5. The van der Waals surface area contributed by atoms with E-state index < -0.39 is 22.9 Å². The van der Waals surface area contributed by atoms with Gasteiger partial charge in [0.05, 0.1) is 24.2 Å². The number of likely N-dealkylation sites (N-methyl/N-ethyl adjacent to an activating group) is 1. The SMILES string of the molecule is CN1CC(c2ccc(F)cc2)C2(CCCN(C(=O)C(COCc3ccc(Cl)cc3)NC(=O)C(C)(C)N)C2)C1=O. The predicted octanol–water partition coefficient (Wildman–Crippen LogP) is 3.08. The van der Waals surface area contributed by atoms with Gasteiger partial charge >= 0.3 is 0 Å². The highest BCUT2D eigenvalue weighted by Gasteiger charge is 2.56. The van der Waals surface area contributed by atoms with Crippen LogP contribution in [0.4, 0.5) is 4.39 Å². The second-order valence-corrected chi connectivity index (χ2v) is 11.6. The largest absolute Gasteiger partial charge is 0.374 e. The van der Waals surface area contributed by atoms with E-state index in [0.717, 1.165) is 11.1 Å². The highest BCUT2D eigenvalue weighted by molar-refractivity contribution is 6.30. The summed E-state index contributed by atoms with van der Waals surface area (Å²) in [5, 5.41) is 3.37. The van der Waals surface area contributed by atoms with Crippen LogP contribution in [0.3, 0.4) is 0 Å². The molecule has 2 fully saturated rings. The maximum Gasteiger partial charge on any atom is 0.247 e. The van der Waals surface area contributed by atoms with Crippen LogP contribution in [0.2, 0.25) is 5.02 Å². The Hall–Kier alpha value is -3.01. The highest BCUT2D eigenvalue weighted by atomic mass is 35.5. The first-order valence-electron chi connectivity index (χ1n) is 13.1. The molecule has 39 heavy (non-hydrogen) atoms. The van der Waals surface area contributed by atoms with Gasteiger partial charge < -0.3 is 25.6 Å². The van der Waals surface area contributed by atoms with Gasteiger partial charge in [-0.1, -0.05) is 35.9 Å². The molecule has 8 nitrogen and oxygen atoms in total. The molecule has 0 saturated carbocycles. The van der Waals surface area contributed by atoms with Gasteiger partial charge in [-0.3, -0.25) is 14.4 Å². The second kappa shape index (κ2) is 11.6. The van der Waals surface area contributed by atoms with Crippen molar-refractivity contribution in [2.45, 2.75) is 50.8 Å². The van der Waals surface area contributed by atoms with Gasteiger partial charge in [0, 0.05) is 37.6 Å². The molecule has 3 unspecified atom stereocenters. The summed E-state index contributed by atoms with van der Waals surface area (Å²) in [6.07, 6.45) is 1.24. The smallest absolute Gasteiger partial charge is 0.247 e. The summed E-state index contributed by atoms with van der Waals surface area (Å²) in [7, 11) is 1.76. The lowest BCUT2D eigenvalue weighted by Gasteiger charge is -2.43. The van der Waals surface area contributed by atoms with Gasteiger partial charge in [0.2, 0.25) is 17.7 Å². The van der Waals surface area contributed by atoms with Crippen molar-refractivity contribution in [1.82, 2.24) is 15.1 Å². The monoisotopic (exact) mass is 558 g/mol. The number of carbonyl (C=O) groups excluding carboxylic acids is 3. The van der Waals surface area contributed by atoms with Crippen LogP contribution >= 0.6 is 11.6 Å². The minimum atomic E-state index is -1.20. The van der Waals surface area contributed by atoms with Gasteiger partial charge in [-0.25, -0.2) is 4.39 Å². The molecule has 3 N–H and O–H groups in total. The molecule has 2 heterocycles. The van der Waals surface area contributed by atoms with Gasteiger partial charge in [0.25, 0.3) is 0 Å². The van der Waals surface area contributed by atoms with Crippen LogP contribution in [0.15, 0.2) is 48.5 Å². The molecule has 0 radical (unpaired) electrons. The number of ether oxygens (including phenoxy) is 1. The zero-order valence-corrected chi connectivity index (χ0v) is 23.3. The first kappa shape index (κ1) is 29.0. The maximum atomic E-state index is 13.9. The first-order chi connectivity index (χ1) is 18.4. The molecule has 0 aromatic heterocycles. The molecule has 210 valence electrons. The van der Waals surface area contributed by atoms with Crippen molar-refractivity contribution in [3.05, 3.63) is 70.5 Å². The van der Waals surface area contributed by atoms with E-state index in [4.69, 9.17) is 22.1 Å². The van der Waals surface area contributed by atoms with Crippen LogP contribution in [0.25, 0.3) is 0 Å². The number of hydrogen-bond donors (Lipinski definition) is 2. The number of halogens is 2. The summed E-state index contributed by atoms with van der Waals surface area (Å²) in [5.74, 6) is -1.38. The molecule has 0 bridgehead atoms. The van der Waals surface area contributed by atoms with Crippen LogP contribution in [0.1, 0.15) is 43.7 Å². The topological polar surface area (TPSA) is 105 Å². The Bertz CT molecular complexity index is 1200. The minimum Gasteiger partial charge on any atom is -0.374 e. The average molecular weight is 559 g/mol. The molecule has 2 aromatic carbocycles. The summed E-state index contributed by atoms with van der Waals surface area (Å²) < 4.78 is 19.5. The fraction of sp³-hybridized carbons (Fsp3) is 0.483. The number of hydrogen-bond acceptors (Lipinski definition) is 5. The third-order valence-electron chi connectivity index (χ3n) is 7.66. The van der Waals surface area contributed by atoms with Gasteiger partial charge in [-0.15, -0.1) is 0 Å². The lowest BCUT2D eigenvalue weighted by molar-refractivity contribution is -0.147. The van der Waals surface area contributed by atoms with Gasteiger partial charge in [0.15, 0.2) is 0 Å². The van der Waals surface area contributed by atoms with Crippen LogP contribution < -0.4 is 11.1 Å². The Morgan fingerprint density at radius 2 is 1.87 bits per heavy atom. The van der Waals surface area contributed by atoms with E-state index in [9.17, 15) is 18.8 Å². The maximum absolute atomic E-state index is 13.9. The van der Waals surface area contributed by atoms with E-state index in [1.807, 2.05) is 12.1 Å². The number of benzene rings is 2. The first-order valence-corrected chi connectivity index (χ1v) is 13.5. The van der Waals surface area contributed by atoms with Crippen LogP contribution in [-0.4, -0.2) is 72.4 Å². The molecule has 3 amide bonds. The van der Waals surface area contributed by atoms with Crippen molar-refractivity contribution in [1.29, 1.82) is 0 Å². The van der Waals surface area contributed by atoms with E-state index in [2.05, 4.69) is 5.32 Å². The molecule has 1 spiro atoms. The number of amides is 3. The molecule has 0 aliphatic carbocycles. The Labute approximate surface area is 233 Å². The Morgan fingerprint density at radius 3 is 2.51 bits per heavy atom. The van der Waals surface area contributed by atoms with Gasteiger partial charge in [0.1, 0.15) is 11.9 Å². The highest BCUT2D eigenvalue weighted by Crippen LogP contribution is 2.49. The average Bonchev–Trinajstić information content (AvgIpc) is 3.13. The lowest BCUT2D eigenvalue weighted by atomic mass is 9.69. The van der Waals surface area contributed by atoms with Crippen LogP contribution in [0.5, 0.6) is 0 Å². The number of carbonyl (C=O) groups is 3. The molecule has 2 aliphatic rings. The van der Waals surface area contributed by atoms with Crippen LogP contribution in [-0.2, 0) is 25.7 Å². The van der Waals surface area contributed by atoms with Crippen LogP contribution in [0, 0.1) is 11.2 Å². The molecular formula is C29H36ClFN4O4. The standard InChI is InChI=1S/C29H36ClFN4O4/c1-28(2,32)26(37)33-24(17-39-16-19-5-9-21(30)10-6-19)25(36)35-14-4-13-29(18-35)23(15-34(3)27(29)38)20-7-11-22(31)12-8-20/h5-12,23-24H,4,13-18,32H2,1-3H3,(H,33,37). The summed E-state index contributed by atoms with van der Waals surface area (Å²) in [6, 6.07) is 12.4. The third kappa shape index (κ3) is 6.42. The van der Waals surface area contributed by atoms with E-state index in [1.165, 1.54) is 12.1 Å². The number of nitrogens with zero attached hydrogens (tertiary/aromatic N) is 2. The predicted molar refractivity (Wildman–Crippen MR) is 146 cm³/mol. The zero-order chi connectivity index (χ0) is 28.4. The van der Waals surface area contributed by atoms with E-state index in [1.54, 1.807) is 55.0 Å². The molecule has 3 atom stereocenters. The third-order valence-corrected chi connectivity index (χ3v) is 7.91. The number of nitrogens with two attached hydrogens (primary N) is 1. The lowest BCUT2D eigenvalue weighted by Crippen LogP contribution is -2.60. The fourth-order valence-electron chi connectivity index (χ4n) is 5.53. The number of nitrogens with one attached hydrogen (secondary N) is 1. The quantitative estimate of drug-likeness (QED) is 0.518. The molecule has 4 rings (SSSR count). The summed E-state index contributed by atoms with van der Waals surface area (Å²) in [6.45, 7) is 4.42. The van der Waals surface area contributed by atoms with Crippen molar-refractivity contribution in [2.24, 2.45) is 11.1 Å². The van der Waals surface area contributed by atoms with Crippen molar-refractivity contribution >= 4 is 29.3 Å². The Morgan fingerprint density at radius 1 is 1.21 bits per heavy atom. The minimum absolute atomic E-state index is 0.0306. The fourth-order valence-corrected chi connectivity index (χ4v) is 5.65. The van der Waals surface area contributed by atoms with E-state index in [0.29, 0.717) is 31.0 Å². The van der Waals surface area contributed by atoms with Crippen molar-refractivity contribution < 1.29 is 23.5 Å². The van der Waals surface area contributed by atoms with Crippen molar-refractivity contribution in [3.8, 4) is 0 Å². The van der Waals surface area contributed by atoms with E-state index >= 15 is 0 Å². The summed E-state index contributed by atoms with van der Waals surface area (Å²) >= 11 is 5.96. The molecule has 2 saturated heterocycles. The zero-order valence-electron chi connectivity index (χ0n) is 22.6.